The van der Waals surface area contributed by atoms with E-state index in [2.05, 4.69) is 25.9 Å². The molecule has 0 bridgehead atoms. The van der Waals surface area contributed by atoms with Crippen LogP contribution >= 0.6 is 27.7 Å². The van der Waals surface area contributed by atoms with E-state index in [-0.39, 0.29) is 11.0 Å². The summed E-state index contributed by atoms with van der Waals surface area (Å²) >= 11 is 4.47. The first-order valence-electron chi connectivity index (χ1n) is 5.83. The molecule has 2 aromatic rings. The fourth-order valence-corrected chi connectivity index (χ4v) is 2.51. The Hall–Kier alpha value is -1.28. The summed E-state index contributed by atoms with van der Waals surface area (Å²) in [6, 6.07) is 8.21. The molecule has 0 saturated carbocycles. The van der Waals surface area contributed by atoms with Gasteiger partial charge in [0.25, 0.3) is 0 Å². The summed E-state index contributed by atoms with van der Waals surface area (Å²) in [5.74, 6) is 0.0319. The Morgan fingerprint density at radius 3 is 2.24 bits per heavy atom. The SMILES string of the molecule is CN(C)c1nc(Sc2ccc(Br)cc2)cc(C(F)(F)F)n1. The third-order valence-corrected chi connectivity index (χ3v) is 3.87. The molecule has 0 saturated heterocycles. The van der Waals surface area contributed by atoms with Gasteiger partial charge >= 0.3 is 6.18 Å². The van der Waals surface area contributed by atoms with Crippen molar-refractivity contribution in [2.75, 3.05) is 19.0 Å². The molecular weight excluding hydrogens is 367 g/mol. The number of hydrogen-bond acceptors (Lipinski definition) is 4. The molecule has 0 fully saturated rings. The van der Waals surface area contributed by atoms with Crippen LogP contribution in [0.2, 0.25) is 0 Å². The van der Waals surface area contributed by atoms with E-state index in [1.54, 1.807) is 26.2 Å². The highest BCUT2D eigenvalue weighted by atomic mass is 79.9. The molecule has 0 amide bonds. The van der Waals surface area contributed by atoms with E-state index < -0.39 is 11.9 Å². The van der Waals surface area contributed by atoms with Crippen LogP contribution in [-0.2, 0) is 6.18 Å². The van der Waals surface area contributed by atoms with Gasteiger partial charge in [-0.1, -0.05) is 27.7 Å². The van der Waals surface area contributed by atoms with Crippen molar-refractivity contribution in [1.29, 1.82) is 0 Å². The van der Waals surface area contributed by atoms with Crippen molar-refractivity contribution in [2.45, 2.75) is 16.1 Å². The molecule has 0 N–H and O–H groups in total. The van der Waals surface area contributed by atoms with Crippen LogP contribution in [0.1, 0.15) is 5.69 Å². The van der Waals surface area contributed by atoms with Gasteiger partial charge in [0.15, 0.2) is 5.69 Å². The van der Waals surface area contributed by atoms with Crippen LogP contribution < -0.4 is 4.90 Å². The Balaban J connectivity index is 2.38. The molecule has 0 radical (unpaired) electrons. The number of hydrogen-bond donors (Lipinski definition) is 0. The summed E-state index contributed by atoms with van der Waals surface area (Å²) in [5.41, 5.74) is -0.944. The second kappa shape index (κ2) is 6.23. The normalized spacial score (nSPS) is 11.5. The predicted octanol–water partition coefficient (Wildman–Crippen LogP) is 4.48. The molecule has 2 rings (SSSR count). The average molecular weight is 378 g/mol. The first-order valence-corrected chi connectivity index (χ1v) is 7.43. The zero-order valence-corrected chi connectivity index (χ0v) is 13.6. The first-order chi connectivity index (χ1) is 9.75. The predicted molar refractivity (Wildman–Crippen MR) is 79.6 cm³/mol. The lowest BCUT2D eigenvalue weighted by molar-refractivity contribution is -0.141. The lowest BCUT2D eigenvalue weighted by atomic mass is 10.4. The molecule has 1 aromatic heterocycles. The van der Waals surface area contributed by atoms with Gasteiger partial charge in [-0.15, -0.1) is 0 Å². The molecule has 21 heavy (non-hydrogen) atoms. The summed E-state index contributed by atoms with van der Waals surface area (Å²) in [4.78, 5) is 9.91. The van der Waals surface area contributed by atoms with Crippen molar-refractivity contribution in [1.82, 2.24) is 9.97 Å². The van der Waals surface area contributed by atoms with Crippen LogP contribution in [0.5, 0.6) is 0 Å². The summed E-state index contributed by atoms with van der Waals surface area (Å²) < 4.78 is 39.5. The topological polar surface area (TPSA) is 29.0 Å². The fraction of sp³-hybridized carbons (Fsp3) is 0.231. The van der Waals surface area contributed by atoms with E-state index >= 15 is 0 Å². The van der Waals surface area contributed by atoms with Gasteiger partial charge in [0.2, 0.25) is 5.95 Å². The molecule has 112 valence electrons. The monoisotopic (exact) mass is 377 g/mol. The maximum atomic E-state index is 12.9. The van der Waals surface area contributed by atoms with Gasteiger partial charge in [-0.05, 0) is 24.3 Å². The molecule has 8 heteroatoms. The highest BCUT2D eigenvalue weighted by molar-refractivity contribution is 9.10. The third kappa shape index (κ3) is 4.34. The van der Waals surface area contributed by atoms with Crippen molar-refractivity contribution in [2.24, 2.45) is 0 Å². The van der Waals surface area contributed by atoms with Crippen molar-refractivity contribution >= 4 is 33.6 Å². The van der Waals surface area contributed by atoms with Crippen molar-refractivity contribution in [3.8, 4) is 0 Å². The quantitative estimate of drug-likeness (QED) is 0.737. The minimum atomic E-state index is -4.50. The average Bonchev–Trinajstić information content (AvgIpc) is 2.40. The van der Waals surface area contributed by atoms with Crippen LogP contribution in [-0.4, -0.2) is 24.1 Å². The molecule has 0 aliphatic carbocycles. The maximum absolute atomic E-state index is 12.9. The number of aromatic nitrogens is 2. The number of anilines is 1. The van der Waals surface area contributed by atoms with Gasteiger partial charge < -0.3 is 4.90 Å². The molecule has 0 aliphatic rings. The maximum Gasteiger partial charge on any atom is 0.433 e. The highest BCUT2D eigenvalue weighted by Gasteiger charge is 2.34. The van der Waals surface area contributed by atoms with Gasteiger partial charge in [-0.25, -0.2) is 9.97 Å². The second-order valence-corrected chi connectivity index (χ2v) is 6.35. The van der Waals surface area contributed by atoms with Gasteiger partial charge in [0, 0.05) is 29.5 Å². The van der Waals surface area contributed by atoms with Gasteiger partial charge in [0.1, 0.15) is 5.03 Å². The summed E-state index contributed by atoms with van der Waals surface area (Å²) in [6.45, 7) is 0. The zero-order chi connectivity index (χ0) is 15.6. The molecule has 0 atom stereocenters. The largest absolute Gasteiger partial charge is 0.433 e. The van der Waals surface area contributed by atoms with Crippen molar-refractivity contribution in [3.63, 3.8) is 0 Å². The molecule has 1 aromatic carbocycles. The highest BCUT2D eigenvalue weighted by Crippen LogP contribution is 2.34. The van der Waals surface area contributed by atoms with Gasteiger partial charge in [0.05, 0.1) is 0 Å². The number of nitrogens with zero attached hydrogens (tertiary/aromatic N) is 3. The van der Waals surface area contributed by atoms with E-state index in [9.17, 15) is 13.2 Å². The molecule has 3 nitrogen and oxygen atoms in total. The lowest BCUT2D eigenvalue weighted by Crippen LogP contribution is -2.17. The van der Waals surface area contributed by atoms with E-state index in [0.29, 0.717) is 0 Å². The van der Waals surface area contributed by atoms with E-state index in [1.165, 1.54) is 4.90 Å². The van der Waals surface area contributed by atoms with Crippen LogP contribution in [0.15, 0.2) is 44.7 Å². The fourth-order valence-electron chi connectivity index (χ4n) is 1.43. The first kappa shape index (κ1) is 16.1. The third-order valence-electron chi connectivity index (χ3n) is 2.42. The standard InChI is InChI=1S/C13H11BrF3N3S/c1-20(2)12-18-10(13(15,16)17)7-11(19-12)21-9-5-3-8(14)4-6-9/h3-7H,1-2H3. The summed E-state index contributed by atoms with van der Waals surface area (Å²) in [7, 11) is 3.20. The molecule has 0 aliphatic heterocycles. The number of halogens is 4. The Morgan fingerprint density at radius 2 is 1.71 bits per heavy atom. The lowest BCUT2D eigenvalue weighted by Gasteiger charge is -2.14. The summed E-state index contributed by atoms with van der Waals surface area (Å²) in [5, 5.41) is 0.253. The van der Waals surface area contributed by atoms with Gasteiger partial charge in [-0.3, -0.25) is 0 Å². The van der Waals surface area contributed by atoms with E-state index in [1.807, 2.05) is 12.1 Å². The van der Waals surface area contributed by atoms with Crippen LogP contribution in [0, 0.1) is 0 Å². The Labute approximate surface area is 132 Å². The second-order valence-electron chi connectivity index (χ2n) is 4.34. The zero-order valence-electron chi connectivity index (χ0n) is 11.1. The minimum absolute atomic E-state index is 0.0319. The van der Waals surface area contributed by atoms with Crippen molar-refractivity contribution < 1.29 is 13.2 Å². The Morgan fingerprint density at radius 1 is 1.10 bits per heavy atom. The number of benzene rings is 1. The van der Waals surface area contributed by atoms with E-state index in [4.69, 9.17) is 0 Å². The van der Waals surface area contributed by atoms with Crippen LogP contribution in [0.25, 0.3) is 0 Å². The molecular formula is C13H11BrF3N3S. The summed E-state index contributed by atoms with van der Waals surface area (Å²) in [6.07, 6.45) is -4.50. The molecule has 1 heterocycles. The van der Waals surface area contributed by atoms with Crippen LogP contribution in [0.3, 0.4) is 0 Å². The Bertz CT molecular complexity index is 630. The van der Waals surface area contributed by atoms with Crippen molar-refractivity contribution in [3.05, 3.63) is 40.5 Å². The van der Waals surface area contributed by atoms with Crippen LogP contribution in [0.4, 0.5) is 19.1 Å². The molecule has 0 unspecified atom stereocenters. The molecule has 0 spiro atoms. The number of rotatable bonds is 3. The number of alkyl halides is 3. The Kier molecular flexibility index (Phi) is 4.77. The smallest absolute Gasteiger partial charge is 0.347 e. The van der Waals surface area contributed by atoms with E-state index in [0.717, 1.165) is 27.2 Å². The van der Waals surface area contributed by atoms with Gasteiger partial charge in [-0.2, -0.15) is 13.2 Å². The minimum Gasteiger partial charge on any atom is -0.347 e.